The topological polar surface area (TPSA) is 49.8 Å². The molecule has 0 heterocycles. The van der Waals surface area contributed by atoms with Crippen LogP contribution in [-0.4, -0.2) is 6.54 Å². The molecule has 0 saturated carbocycles. The molecule has 0 aliphatic rings. The van der Waals surface area contributed by atoms with E-state index < -0.39 is 0 Å². The van der Waals surface area contributed by atoms with E-state index in [1.807, 2.05) is 37.3 Å². The number of nitrogens with zero attached hydrogens (tertiary/aromatic N) is 1. The highest BCUT2D eigenvalue weighted by Gasteiger charge is 1.97. The van der Waals surface area contributed by atoms with Gasteiger partial charge >= 0.3 is 0 Å². The minimum Gasteiger partial charge on any atom is -0.327 e. The molecule has 1 aromatic rings. The molecule has 1 aromatic carbocycles. The number of benzene rings is 1. The maximum absolute atomic E-state index is 8.83. The van der Waals surface area contributed by atoms with Crippen LogP contribution in [0.2, 0.25) is 0 Å². The van der Waals surface area contributed by atoms with Crippen LogP contribution < -0.4 is 5.73 Å². The Balaban J connectivity index is 3.08. The third-order valence-electron chi connectivity index (χ3n) is 1.76. The quantitative estimate of drug-likeness (QED) is 0.740. The van der Waals surface area contributed by atoms with E-state index in [1.54, 1.807) is 0 Å². The van der Waals surface area contributed by atoms with Gasteiger partial charge in [0, 0.05) is 6.54 Å². The van der Waals surface area contributed by atoms with Crippen molar-refractivity contribution in [2.24, 2.45) is 5.73 Å². The molecule has 0 fully saturated rings. The van der Waals surface area contributed by atoms with Gasteiger partial charge in [-0.25, -0.2) is 0 Å². The Kier molecular flexibility index (Phi) is 3.24. The van der Waals surface area contributed by atoms with Crippen LogP contribution in [0.4, 0.5) is 0 Å². The predicted molar refractivity (Wildman–Crippen MR) is 54.0 cm³/mol. The van der Waals surface area contributed by atoms with E-state index in [4.69, 9.17) is 11.0 Å². The second kappa shape index (κ2) is 4.44. The average molecular weight is 172 g/mol. The van der Waals surface area contributed by atoms with E-state index in [2.05, 4.69) is 6.07 Å². The first-order valence-corrected chi connectivity index (χ1v) is 4.15. The number of hydrogen-bond acceptors (Lipinski definition) is 2. The van der Waals surface area contributed by atoms with Crippen LogP contribution in [-0.2, 0) is 0 Å². The van der Waals surface area contributed by atoms with Crippen molar-refractivity contribution in [3.8, 4) is 6.07 Å². The van der Waals surface area contributed by atoms with E-state index in [9.17, 15) is 0 Å². The van der Waals surface area contributed by atoms with Crippen molar-refractivity contribution >= 4 is 6.08 Å². The maximum atomic E-state index is 8.83. The zero-order valence-corrected chi connectivity index (χ0v) is 7.62. The fourth-order valence-corrected chi connectivity index (χ4v) is 1.11. The minimum absolute atomic E-state index is 0.499. The van der Waals surface area contributed by atoms with Crippen LogP contribution in [0.1, 0.15) is 16.7 Å². The fraction of sp³-hybridized carbons (Fsp3) is 0.182. The number of aryl methyl sites for hydroxylation is 1. The van der Waals surface area contributed by atoms with Crippen LogP contribution in [0.25, 0.3) is 6.08 Å². The Hall–Kier alpha value is -1.59. The van der Waals surface area contributed by atoms with Crippen LogP contribution in [0, 0.1) is 18.3 Å². The number of hydrogen-bond donors (Lipinski definition) is 1. The van der Waals surface area contributed by atoms with Crippen LogP contribution >= 0.6 is 0 Å². The lowest BCUT2D eigenvalue weighted by Crippen LogP contribution is -1.92. The maximum Gasteiger partial charge on any atom is 0.0998 e. The summed E-state index contributed by atoms with van der Waals surface area (Å²) in [5.74, 6) is 0. The molecule has 13 heavy (non-hydrogen) atoms. The molecular weight excluding hydrogens is 160 g/mol. The molecule has 0 radical (unpaired) electrons. The molecule has 0 unspecified atom stereocenters. The van der Waals surface area contributed by atoms with Crippen molar-refractivity contribution in [2.45, 2.75) is 6.92 Å². The van der Waals surface area contributed by atoms with E-state index >= 15 is 0 Å². The lowest BCUT2D eigenvalue weighted by molar-refractivity contribution is 1.26. The van der Waals surface area contributed by atoms with Gasteiger partial charge in [0.15, 0.2) is 0 Å². The molecule has 0 aromatic heterocycles. The molecule has 0 saturated heterocycles. The Morgan fingerprint density at radius 2 is 2.31 bits per heavy atom. The zero-order chi connectivity index (χ0) is 9.68. The molecule has 0 aliphatic heterocycles. The molecule has 2 N–H and O–H groups in total. The van der Waals surface area contributed by atoms with Crippen molar-refractivity contribution in [2.75, 3.05) is 6.54 Å². The lowest BCUT2D eigenvalue weighted by Gasteiger charge is -1.98. The Morgan fingerprint density at radius 1 is 1.54 bits per heavy atom. The molecule has 0 amide bonds. The summed E-state index contributed by atoms with van der Waals surface area (Å²) in [5.41, 5.74) is 8.05. The average Bonchev–Trinajstić information content (AvgIpc) is 2.16. The van der Waals surface area contributed by atoms with Crippen LogP contribution in [0.15, 0.2) is 24.3 Å². The van der Waals surface area contributed by atoms with E-state index in [0.29, 0.717) is 12.1 Å². The highest BCUT2D eigenvalue weighted by atomic mass is 14.5. The lowest BCUT2D eigenvalue weighted by atomic mass is 10.1. The summed E-state index contributed by atoms with van der Waals surface area (Å²) >= 11 is 0. The van der Waals surface area contributed by atoms with Gasteiger partial charge in [-0.3, -0.25) is 0 Å². The van der Waals surface area contributed by atoms with Gasteiger partial charge in [-0.15, -0.1) is 0 Å². The van der Waals surface area contributed by atoms with Gasteiger partial charge in [0.05, 0.1) is 11.6 Å². The first-order chi connectivity index (χ1) is 6.27. The summed E-state index contributed by atoms with van der Waals surface area (Å²) in [6, 6.07) is 7.94. The monoisotopic (exact) mass is 172 g/mol. The van der Waals surface area contributed by atoms with E-state index in [0.717, 1.165) is 11.1 Å². The Bertz CT molecular complexity index is 359. The van der Waals surface area contributed by atoms with Crippen LogP contribution in [0.5, 0.6) is 0 Å². The van der Waals surface area contributed by atoms with Crippen LogP contribution in [0.3, 0.4) is 0 Å². The van der Waals surface area contributed by atoms with E-state index in [-0.39, 0.29) is 0 Å². The summed E-state index contributed by atoms with van der Waals surface area (Å²) in [7, 11) is 0. The van der Waals surface area contributed by atoms with Crippen molar-refractivity contribution < 1.29 is 0 Å². The summed E-state index contributed by atoms with van der Waals surface area (Å²) in [4.78, 5) is 0. The number of nitrogens with two attached hydrogens (primary N) is 1. The largest absolute Gasteiger partial charge is 0.327 e. The first kappa shape index (κ1) is 9.50. The smallest absolute Gasteiger partial charge is 0.0998 e. The third-order valence-corrected chi connectivity index (χ3v) is 1.76. The highest BCUT2D eigenvalue weighted by molar-refractivity contribution is 5.58. The van der Waals surface area contributed by atoms with Gasteiger partial charge in [-0.1, -0.05) is 24.3 Å². The van der Waals surface area contributed by atoms with Gasteiger partial charge < -0.3 is 5.73 Å². The van der Waals surface area contributed by atoms with Gasteiger partial charge in [0.25, 0.3) is 0 Å². The summed E-state index contributed by atoms with van der Waals surface area (Å²) < 4.78 is 0. The molecule has 2 heteroatoms. The Morgan fingerprint density at radius 3 is 2.92 bits per heavy atom. The predicted octanol–water partition coefficient (Wildman–Crippen LogP) is 1.84. The second-order valence-electron chi connectivity index (χ2n) is 2.84. The molecule has 0 atom stereocenters. The van der Waals surface area contributed by atoms with Gasteiger partial charge in [0.1, 0.15) is 0 Å². The summed E-state index contributed by atoms with van der Waals surface area (Å²) in [6.45, 7) is 2.47. The normalized spacial score (nSPS) is 10.2. The number of nitriles is 1. The third kappa shape index (κ3) is 2.43. The van der Waals surface area contributed by atoms with Gasteiger partial charge in [0.2, 0.25) is 0 Å². The second-order valence-corrected chi connectivity index (χ2v) is 2.84. The molecule has 66 valence electrons. The molecule has 0 spiro atoms. The van der Waals surface area contributed by atoms with Gasteiger partial charge in [-0.05, 0) is 24.1 Å². The Labute approximate surface area is 78.3 Å². The molecule has 0 bridgehead atoms. The van der Waals surface area contributed by atoms with E-state index in [1.165, 1.54) is 0 Å². The number of rotatable bonds is 2. The fourth-order valence-electron chi connectivity index (χ4n) is 1.11. The molecule has 2 nitrogen and oxygen atoms in total. The summed E-state index contributed by atoms with van der Waals surface area (Å²) in [6.07, 6.45) is 3.71. The van der Waals surface area contributed by atoms with Crippen molar-refractivity contribution in [1.29, 1.82) is 5.26 Å². The SMILES string of the molecule is Cc1ccc(C=CCN)c(C#N)c1. The molecule has 0 aliphatic carbocycles. The molecular formula is C11H12N2. The highest BCUT2D eigenvalue weighted by Crippen LogP contribution is 2.11. The zero-order valence-electron chi connectivity index (χ0n) is 7.62. The van der Waals surface area contributed by atoms with Crippen molar-refractivity contribution in [3.63, 3.8) is 0 Å². The minimum atomic E-state index is 0.499. The van der Waals surface area contributed by atoms with Crippen molar-refractivity contribution in [1.82, 2.24) is 0 Å². The molecule has 1 rings (SSSR count). The summed E-state index contributed by atoms with van der Waals surface area (Å²) in [5, 5.41) is 8.83. The standard InChI is InChI=1S/C11H12N2/c1-9-4-5-10(3-2-6-12)11(7-9)8-13/h2-5,7H,6,12H2,1H3. The van der Waals surface area contributed by atoms with Gasteiger partial charge in [-0.2, -0.15) is 5.26 Å². The first-order valence-electron chi connectivity index (χ1n) is 4.15. The van der Waals surface area contributed by atoms with Crippen molar-refractivity contribution in [3.05, 3.63) is 41.0 Å².